The van der Waals surface area contributed by atoms with Crippen molar-refractivity contribution < 1.29 is 4.74 Å². The summed E-state index contributed by atoms with van der Waals surface area (Å²) in [7, 11) is 0. The average Bonchev–Trinajstić information content (AvgIpc) is 2.63. The van der Waals surface area contributed by atoms with E-state index in [1.807, 2.05) is 0 Å². The van der Waals surface area contributed by atoms with Crippen molar-refractivity contribution in [2.45, 2.75) is 25.9 Å². The Morgan fingerprint density at radius 3 is 2.50 bits per heavy atom. The topological polar surface area (TPSA) is 12.5 Å². The van der Waals surface area contributed by atoms with Gasteiger partial charge in [-0.3, -0.25) is 0 Å². The monoisotopic (exact) mass is 112 g/mol. The Bertz CT molecular complexity index is 80.6. The Hall–Kier alpha value is -0.0400. The Morgan fingerprint density at radius 2 is 2.12 bits per heavy atom. The highest BCUT2D eigenvalue weighted by Gasteiger charge is 2.39. The molecule has 1 saturated heterocycles. The van der Waals surface area contributed by atoms with Gasteiger partial charge < -0.3 is 4.74 Å². The first kappa shape index (κ1) is 4.80. The summed E-state index contributed by atoms with van der Waals surface area (Å²) in [6.07, 6.45) is 3.57. The van der Waals surface area contributed by atoms with Gasteiger partial charge in [0.15, 0.2) is 0 Å². The quantitative estimate of drug-likeness (QED) is 0.492. The van der Waals surface area contributed by atoms with Crippen LogP contribution in [0.3, 0.4) is 0 Å². The van der Waals surface area contributed by atoms with Crippen molar-refractivity contribution in [1.82, 2.24) is 0 Å². The van der Waals surface area contributed by atoms with E-state index in [1.165, 1.54) is 12.8 Å². The molecular weight excluding hydrogens is 100 g/mol. The molecule has 2 unspecified atom stereocenters. The molecule has 0 aromatic rings. The van der Waals surface area contributed by atoms with Crippen molar-refractivity contribution in [2.24, 2.45) is 11.8 Å². The first-order valence-electron chi connectivity index (χ1n) is 3.49. The molecular formula is C7H12O. The molecule has 1 heterocycles. The summed E-state index contributed by atoms with van der Waals surface area (Å²) in [5.41, 5.74) is 0. The molecule has 2 atom stereocenters. The summed E-state index contributed by atoms with van der Waals surface area (Å²) in [5.74, 6) is 1.90. The lowest BCUT2D eigenvalue weighted by Crippen LogP contribution is -2.04. The third-order valence-electron chi connectivity index (χ3n) is 2.31. The van der Waals surface area contributed by atoms with Crippen LogP contribution in [0.4, 0.5) is 0 Å². The highest BCUT2D eigenvalue weighted by atomic mass is 16.6. The summed E-state index contributed by atoms with van der Waals surface area (Å²) in [6, 6.07) is 0. The molecule has 2 rings (SSSR count). The fraction of sp³-hybridized carbons (Fsp3) is 1.00. The molecule has 0 amide bonds. The summed E-state index contributed by atoms with van der Waals surface area (Å²) >= 11 is 0. The van der Waals surface area contributed by atoms with Crippen LogP contribution in [0, 0.1) is 11.8 Å². The highest BCUT2D eigenvalue weighted by molar-refractivity contribution is 4.87. The van der Waals surface area contributed by atoms with Gasteiger partial charge in [0.1, 0.15) is 0 Å². The van der Waals surface area contributed by atoms with E-state index >= 15 is 0 Å². The van der Waals surface area contributed by atoms with Crippen LogP contribution in [0.5, 0.6) is 0 Å². The average molecular weight is 112 g/mol. The summed E-state index contributed by atoms with van der Waals surface area (Å²) in [6.45, 7) is 3.35. The maximum atomic E-state index is 5.17. The molecule has 0 aromatic carbocycles. The standard InChI is InChI=1S/C7H12O/c1-5(6-2-3-6)7-4-8-7/h5-7H,2-4H2,1H3. The Balaban J connectivity index is 1.84. The van der Waals surface area contributed by atoms with Crippen molar-refractivity contribution >= 4 is 0 Å². The zero-order valence-corrected chi connectivity index (χ0v) is 5.26. The van der Waals surface area contributed by atoms with Gasteiger partial charge in [-0.15, -0.1) is 0 Å². The van der Waals surface area contributed by atoms with Gasteiger partial charge in [-0.1, -0.05) is 6.92 Å². The number of hydrogen-bond acceptors (Lipinski definition) is 1. The number of epoxide rings is 1. The number of ether oxygens (including phenoxy) is 1. The van der Waals surface area contributed by atoms with Crippen molar-refractivity contribution in [3.05, 3.63) is 0 Å². The second kappa shape index (κ2) is 1.47. The smallest absolute Gasteiger partial charge is 0.0838 e. The minimum atomic E-state index is 0.655. The lowest BCUT2D eigenvalue weighted by atomic mass is 10.0. The van der Waals surface area contributed by atoms with Crippen LogP contribution < -0.4 is 0 Å². The van der Waals surface area contributed by atoms with Crippen LogP contribution in [-0.2, 0) is 4.74 Å². The predicted molar refractivity (Wildman–Crippen MR) is 31.6 cm³/mol. The summed E-state index contributed by atoms with van der Waals surface area (Å²) in [5, 5.41) is 0. The molecule has 2 fully saturated rings. The Labute approximate surface area is 50.0 Å². The van der Waals surface area contributed by atoms with Crippen LogP contribution in [-0.4, -0.2) is 12.7 Å². The fourth-order valence-corrected chi connectivity index (χ4v) is 1.28. The first-order valence-corrected chi connectivity index (χ1v) is 3.49. The molecule has 1 nitrogen and oxygen atoms in total. The highest BCUT2D eigenvalue weighted by Crippen LogP contribution is 2.41. The third kappa shape index (κ3) is 0.752. The Morgan fingerprint density at radius 1 is 1.50 bits per heavy atom. The normalized spacial score (nSPS) is 39.4. The third-order valence-corrected chi connectivity index (χ3v) is 2.31. The maximum Gasteiger partial charge on any atom is 0.0838 e. The number of rotatable bonds is 2. The zero-order valence-electron chi connectivity index (χ0n) is 5.26. The molecule has 1 aliphatic heterocycles. The minimum absolute atomic E-state index is 0.655. The SMILES string of the molecule is CC(C1CC1)C1CO1. The van der Waals surface area contributed by atoms with E-state index in [1.54, 1.807) is 0 Å². The van der Waals surface area contributed by atoms with Gasteiger partial charge in [0, 0.05) is 0 Å². The lowest BCUT2D eigenvalue weighted by molar-refractivity contribution is 0.321. The van der Waals surface area contributed by atoms with Crippen molar-refractivity contribution in [3.63, 3.8) is 0 Å². The predicted octanol–water partition coefficient (Wildman–Crippen LogP) is 1.43. The molecule has 0 bridgehead atoms. The number of hydrogen-bond donors (Lipinski definition) is 0. The van der Waals surface area contributed by atoms with Gasteiger partial charge in [-0.25, -0.2) is 0 Å². The van der Waals surface area contributed by atoms with E-state index < -0.39 is 0 Å². The molecule has 8 heavy (non-hydrogen) atoms. The van der Waals surface area contributed by atoms with Crippen LogP contribution in [0.25, 0.3) is 0 Å². The van der Waals surface area contributed by atoms with Crippen molar-refractivity contribution in [3.8, 4) is 0 Å². The molecule has 0 N–H and O–H groups in total. The molecule has 0 spiro atoms. The molecule has 1 heteroatoms. The van der Waals surface area contributed by atoms with Gasteiger partial charge in [0.2, 0.25) is 0 Å². The fourth-order valence-electron chi connectivity index (χ4n) is 1.28. The van der Waals surface area contributed by atoms with Crippen LogP contribution >= 0.6 is 0 Å². The molecule has 0 radical (unpaired) electrons. The maximum absolute atomic E-state index is 5.17. The largest absolute Gasteiger partial charge is 0.373 e. The van der Waals surface area contributed by atoms with Gasteiger partial charge in [0.05, 0.1) is 12.7 Å². The Kier molecular flexibility index (Phi) is 0.884. The van der Waals surface area contributed by atoms with Crippen LogP contribution in [0.2, 0.25) is 0 Å². The summed E-state index contributed by atoms with van der Waals surface area (Å²) in [4.78, 5) is 0. The van der Waals surface area contributed by atoms with E-state index in [4.69, 9.17) is 4.74 Å². The van der Waals surface area contributed by atoms with Crippen LogP contribution in [0.15, 0.2) is 0 Å². The van der Waals surface area contributed by atoms with Gasteiger partial charge >= 0.3 is 0 Å². The molecule has 46 valence electrons. The lowest BCUT2D eigenvalue weighted by Gasteiger charge is -2.01. The second-order valence-electron chi connectivity index (χ2n) is 3.07. The van der Waals surface area contributed by atoms with E-state index in [2.05, 4.69) is 6.92 Å². The van der Waals surface area contributed by atoms with Crippen molar-refractivity contribution in [2.75, 3.05) is 6.61 Å². The van der Waals surface area contributed by atoms with Crippen LogP contribution in [0.1, 0.15) is 19.8 Å². The van der Waals surface area contributed by atoms with Gasteiger partial charge in [0.25, 0.3) is 0 Å². The zero-order chi connectivity index (χ0) is 5.56. The molecule has 0 aromatic heterocycles. The van der Waals surface area contributed by atoms with E-state index in [0.29, 0.717) is 6.10 Å². The molecule has 1 saturated carbocycles. The van der Waals surface area contributed by atoms with Gasteiger partial charge in [-0.2, -0.15) is 0 Å². The van der Waals surface area contributed by atoms with E-state index in [9.17, 15) is 0 Å². The van der Waals surface area contributed by atoms with E-state index in [-0.39, 0.29) is 0 Å². The molecule has 2 aliphatic rings. The molecule has 1 aliphatic carbocycles. The summed E-state index contributed by atoms with van der Waals surface area (Å²) < 4.78 is 5.17. The first-order chi connectivity index (χ1) is 3.88. The minimum Gasteiger partial charge on any atom is -0.373 e. The second-order valence-corrected chi connectivity index (χ2v) is 3.07. The van der Waals surface area contributed by atoms with Crippen molar-refractivity contribution in [1.29, 1.82) is 0 Å². The van der Waals surface area contributed by atoms with Gasteiger partial charge in [-0.05, 0) is 24.7 Å². The van der Waals surface area contributed by atoms with E-state index in [0.717, 1.165) is 18.4 Å².